The van der Waals surface area contributed by atoms with Crippen LogP contribution in [0.15, 0.2) is 0 Å². The van der Waals surface area contributed by atoms with Crippen LogP contribution in [0.25, 0.3) is 0 Å². The van der Waals surface area contributed by atoms with Gasteiger partial charge in [-0.05, 0) is 51.0 Å². The third-order valence-electron chi connectivity index (χ3n) is 3.72. The van der Waals surface area contributed by atoms with Crippen LogP contribution in [0.2, 0.25) is 0 Å². The molecule has 96 valence electrons. The molecule has 0 amide bonds. The van der Waals surface area contributed by atoms with Crippen LogP contribution in [-0.4, -0.2) is 30.1 Å². The van der Waals surface area contributed by atoms with Crippen molar-refractivity contribution in [3.8, 4) is 0 Å². The summed E-state index contributed by atoms with van der Waals surface area (Å²) >= 11 is 0. The lowest BCUT2D eigenvalue weighted by atomic mass is 9.88. The first-order chi connectivity index (χ1) is 7.51. The minimum atomic E-state index is 0.215. The van der Waals surface area contributed by atoms with E-state index in [1.807, 2.05) is 0 Å². The third kappa shape index (κ3) is 4.06. The zero-order chi connectivity index (χ0) is 12.2. The molecule has 0 radical (unpaired) electrons. The average Bonchev–Trinajstić information content (AvgIpc) is 3.00. The molecule has 16 heavy (non-hydrogen) atoms. The van der Waals surface area contributed by atoms with Crippen molar-refractivity contribution in [1.29, 1.82) is 0 Å². The SMILES string of the molecule is CCCN(CC1CC1)C(C)(CN)CC(C)C. The predicted octanol–water partition coefficient (Wildman–Crippen LogP) is 2.87. The first kappa shape index (κ1) is 14.0. The number of rotatable bonds is 8. The van der Waals surface area contributed by atoms with Crippen molar-refractivity contribution in [3.05, 3.63) is 0 Å². The first-order valence-corrected chi connectivity index (χ1v) is 6.97. The normalized spacial score (nSPS) is 20.4. The molecule has 0 bridgehead atoms. The van der Waals surface area contributed by atoms with E-state index in [1.165, 1.54) is 38.8 Å². The number of hydrogen-bond acceptors (Lipinski definition) is 2. The highest BCUT2D eigenvalue weighted by Gasteiger charge is 2.34. The summed E-state index contributed by atoms with van der Waals surface area (Å²) < 4.78 is 0. The standard InChI is InChI=1S/C14H30N2/c1-5-8-16(10-13-6-7-13)14(4,11-15)9-12(2)3/h12-13H,5-11,15H2,1-4H3. The zero-order valence-electron chi connectivity index (χ0n) is 11.6. The summed E-state index contributed by atoms with van der Waals surface area (Å²) in [7, 11) is 0. The maximum absolute atomic E-state index is 6.04. The zero-order valence-corrected chi connectivity index (χ0v) is 11.6. The van der Waals surface area contributed by atoms with E-state index in [4.69, 9.17) is 5.73 Å². The van der Waals surface area contributed by atoms with Crippen molar-refractivity contribution >= 4 is 0 Å². The van der Waals surface area contributed by atoms with Crippen LogP contribution in [0.5, 0.6) is 0 Å². The molecular formula is C14H30N2. The Kier molecular flexibility index (Phi) is 5.26. The van der Waals surface area contributed by atoms with Gasteiger partial charge in [0.1, 0.15) is 0 Å². The molecule has 0 aromatic heterocycles. The molecule has 2 nitrogen and oxygen atoms in total. The Morgan fingerprint density at radius 1 is 1.38 bits per heavy atom. The molecule has 0 spiro atoms. The molecular weight excluding hydrogens is 196 g/mol. The van der Waals surface area contributed by atoms with Gasteiger partial charge in [-0.15, -0.1) is 0 Å². The van der Waals surface area contributed by atoms with Gasteiger partial charge >= 0.3 is 0 Å². The van der Waals surface area contributed by atoms with Crippen molar-refractivity contribution in [2.45, 2.75) is 58.9 Å². The molecule has 1 atom stereocenters. The summed E-state index contributed by atoms with van der Waals surface area (Å²) in [6.07, 6.45) is 5.32. The summed E-state index contributed by atoms with van der Waals surface area (Å²) in [4.78, 5) is 2.66. The lowest BCUT2D eigenvalue weighted by molar-refractivity contribution is 0.0835. The molecule has 1 aliphatic carbocycles. The molecule has 2 N–H and O–H groups in total. The van der Waals surface area contributed by atoms with Crippen LogP contribution in [0.4, 0.5) is 0 Å². The molecule has 0 aromatic rings. The van der Waals surface area contributed by atoms with Crippen molar-refractivity contribution in [2.24, 2.45) is 17.6 Å². The molecule has 1 aliphatic rings. The van der Waals surface area contributed by atoms with E-state index < -0.39 is 0 Å². The quantitative estimate of drug-likeness (QED) is 0.689. The van der Waals surface area contributed by atoms with Gasteiger partial charge in [0.2, 0.25) is 0 Å². The Hall–Kier alpha value is -0.0800. The van der Waals surface area contributed by atoms with Gasteiger partial charge in [0, 0.05) is 18.6 Å². The van der Waals surface area contributed by atoms with Gasteiger partial charge < -0.3 is 5.73 Å². The number of nitrogens with two attached hydrogens (primary N) is 1. The molecule has 1 rings (SSSR count). The monoisotopic (exact) mass is 226 g/mol. The fourth-order valence-electron chi connectivity index (χ4n) is 2.68. The highest BCUT2D eigenvalue weighted by Crippen LogP contribution is 2.33. The van der Waals surface area contributed by atoms with Crippen LogP contribution in [0.1, 0.15) is 53.4 Å². The molecule has 0 aromatic carbocycles. The summed E-state index contributed by atoms with van der Waals surface area (Å²) in [5.41, 5.74) is 6.26. The maximum Gasteiger partial charge on any atom is 0.0306 e. The van der Waals surface area contributed by atoms with Gasteiger partial charge in [-0.1, -0.05) is 20.8 Å². The van der Waals surface area contributed by atoms with Gasteiger partial charge in [0.05, 0.1) is 0 Å². The highest BCUT2D eigenvalue weighted by molar-refractivity contribution is 4.91. The molecule has 1 saturated carbocycles. The van der Waals surface area contributed by atoms with Gasteiger partial charge in [-0.3, -0.25) is 4.90 Å². The lowest BCUT2D eigenvalue weighted by Gasteiger charge is -2.42. The molecule has 2 heteroatoms. The first-order valence-electron chi connectivity index (χ1n) is 6.97. The van der Waals surface area contributed by atoms with Crippen molar-refractivity contribution in [3.63, 3.8) is 0 Å². The topological polar surface area (TPSA) is 29.3 Å². The second-order valence-corrected chi connectivity index (χ2v) is 6.19. The van der Waals surface area contributed by atoms with Crippen LogP contribution in [0, 0.1) is 11.8 Å². The van der Waals surface area contributed by atoms with Crippen LogP contribution >= 0.6 is 0 Å². The maximum atomic E-state index is 6.04. The van der Waals surface area contributed by atoms with Gasteiger partial charge in [-0.2, -0.15) is 0 Å². The van der Waals surface area contributed by atoms with E-state index in [0.717, 1.165) is 18.4 Å². The van der Waals surface area contributed by atoms with Gasteiger partial charge in [0.15, 0.2) is 0 Å². The Morgan fingerprint density at radius 2 is 2.00 bits per heavy atom. The van der Waals surface area contributed by atoms with E-state index >= 15 is 0 Å². The van der Waals surface area contributed by atoms with Crippen LogP contribution < -0.4 is 5.73 Å². The third-order valence-corrected chi connectivity index (χ3v) is 3.72. The number of nitrogens with zero attached hydrogens (tertiary/aromatic N) is 1. The number of hydrogen-bond donors (Lipinski definition) is 1. The van der Waals surface area contributed by atoms with Crippen LogP contribution in [-0.2, 0) is 0 Å². The van der Waals surface area contributed by atoms with Gasteiger partial charge in [-0.25, -0.2) is 0 Å². The summed E-state index contributed by atoms with van der Waals surface area (Å²) in [6.45, 7) is 12.5. The second kappa shape index (κ2) is 6.02. The second-order valence-electron chi connectivity index (χ2n) is 6.19. The van der Waals surface area contributed by atoms with E-state index in [9.17, 15) is 0 Å². The van der Waals surface area contributed by atoms with E-state index in [-0.39, 0.29) is 5.54 Å². The van der Waals surface area contributed by atoms with Crippen LogP contribution in [0.3, 0.4) is 0 Å². The molecule has 0 aliphatic heterocycles. The fraction of sp³-hybridized carbons (Fsp3) is 1.00. The minimum Gasteiger partial charge on any atom is -0.329 e. The summed E-state index contributed by atoms with van der Waals surface area (Å²) in [5.74, 6) is 1.69. The molecule has 1 fully saturated rings. The van der Waals surface area contributed by atoms with E-state index in [0.29, 0.717) is 0 Å². The minimum absolute atomic E-state index is 0.215. The predicted molar refractivity (Wildman–Crippen MR) is 71.5 cm³/mol. The fourth-order valence-corrected chi connectivity index (χ4v) is 2.68. The average molecular weight is 226 g/mol. The Bertz CT molecular complexity index is 199. The molecule has 1 unspecified atom stereocenters. The highest BCUT2D eigenvalue weighted by atomic mass is 15.2. The van der Waals surface area contributed by atoms with Gasteiger partial charge in [0.25, 0.3) is 0 Å². The Morgan fingerprint density at radius 3 is 2.38 bits per heavy atom. The summed E-state index contributed by atoms with van der Waals surface area (Å²) in [5, 5.41) is 0. The summed E-state index contributed by atoms with van der Waals surface area (Å²) in [6, 6.07) is 0. The molecule has 0 saturated heterocycles. The molecule has 0 heterocycles. The Labute approximate surface area is 102 Å². The lowest BCUT2D eigenvalue weighted by Crippen LogP contribution is -2.53. The van der Waals surface area contributed by atoms with Crippen molar-refractivity contribution in [1.82, 2.24) is 4.90 Å². The smallest absolute Gasteiger partial charge is 0.0306 e. The Balaban J connectivity index is 2.60. The van der Waals surface area contributed by atoms with Crippen molar-refractivity contribution < 1.29 is 0 Å². The largest absolute Gasteiger partial charge is 0.329 e. The van der Waals surface area contributed by atoms with E-state index in [1.54, 1.807) is 0 Å². The van der Waals surface area contributed by atoms with Crippen molar-refractivity contribution in [2.75, 3.05) is 19.6 Å². The van der Waals surface area contributed by atoms with E-state index in [2.05, 4.69) is 32.6 Å².